The second-order valence-corrected chi connectivity index (χ2v) is 5.22. The van der Waals surface area contributed by atoms with Gasteiger partial charge in [-0.3, -0.25) is 4.79 Å². The van der Waals surface area contributed by atoms with Gasteiger partial charge in [-0.2, -0.15) is 11.8 Å². The fourth-order valence-corrected chi connectivity index (χ4v) is 3.28. The second kappa shape index (κ2) is 4.82. The van der Waals surface area contributed by atoms with Crippen molar-refractivity contribution in [3.8, 4) is 0 Å². The zero-order valence-electron chi connectivity index (χ0n) is 10.5. The number of methoxy groups -OCH3 is 1. The number of aromatic amines is 1. The van der Waals surface area contributed by atoms with Gasteiger partial charge in [-0.05, 0) is 12.8 Å². The predicted octanol–water partition coefficient (Wildman–Crippen LogP) is 2.18. The standard InChI is InChI=1S/C12H18N2O2S/c1-4-12(5-2,16-3)11-13-9-7-17-6-8(9)10(15)14-11/h4-7H2,1-3H3,(H,13,14,15). The molecule has 0 bridgehead atoms. The van der Waals surface area contributed by atoms with Crippen LogP contribution in [0.3, 0.4) is 0 Å². The number of fused-ring (bicyclic) bond motifs is 1. The molecule has 0 aromatic carbocycles. The Hall–Kier alpha value is -0.810. The lowest BCUT2D eigenvalue weighted by atomic mass is 9.95. The van der Waals surface area contributed by atoms with Gasteiger partial charge in [0.15, 0.2) is 0 Å². The number of hydrogen-bond donors (Lipinski definition) is 1. The van der Waals surface area contributed by atoms with Crippen LogP contribution in [0.5, 0.6) is 0 Å². The van der Waals surface area contributed by atoms with E-state index in [9.17, 15) is 4.79 Å². The summed E-state index contributed by atoms with van der Waals surface area (Å²) in [6, 6.07) is 0. The minimum atomic E-state index is -0.457. The van der Waals surface area contributed by atoms with Gasteiger partial charge in [0.2, 0.25) is 0 Å². The van der Waals surface area contributed by atoms with Gasteiger partial charge >= 0.3 is 0 Å². The smallest absolute Gasteiger partial charge is 0.255 e. The van der Waals surface area contributed by atoms with Gasteiger partial charge in [0.05, 0.1) is 5.69 Å². The molecule has 0 fully saturated rings. The van der Waals surface area contributed by atoms with E-state index in [0.29, 0.717) is 5.82 Å². The molecule has 1 aliphatic rings. The lowest BCUT2D eigenvalue weighted by molar-refractivity contribution is -0.0294. The Morgan fingerprint density at radius 2 is 2.12 bits per heavy atom. The van der Waals surface area contributed by atoms with Crippen molar-refractivity contribution in [1.29, 1.82) is 0 Å². The lowest BCUT2D eigenvalue weighted by Crippen LogP contribution is -2.33. The molecule has 1 aromatic rings. The zero-order chi connectivity index (χ0) is 12.5. The maximum absolute atomic E-state index is 12.0. The van der Waals surface area contributed by atoms with Crippen molar-refractivity contribution < 1.29 is 4.74 Å². The van der Waals surface area contributed by atoms with Crippen molar-refractivity contribution in [1.82, 2.24) is 9.97 Å². The van der Waals surface area contributed by atoms with Gasteiger partial charge in [0.1, 0.15) is 11.4 Å². The second-order valence-electron chi connectivity index (χ2n) is 4.24. The molecule has 0 radical (unpaired) electrons. The summed E-state index contributed by atoms with van der Waals surface area (Å²) in [5.41, 5.74) is 1.30. The number of hydrogen-bond acceptors (Lipinski definition) is 4. The summed E-state index contributed by atoms with van der Waals surface area (Å²) < 4.78 is 5.60. The quantitative estimate of drug-likeness (QED) is 0.894. The number of nitrogens with one attached hydrogen (secondary N) is 1. The van der Waals surface area contributed by atoms with Crippen molar-refractivity contribution in [2.24, 2.45) is 0 Å². The molecule has 0 aliphatic carbocycles. The fourth-order valence-electron chi connectivity index (χ4n) is 2.25. The number of ether oxygens (including phenoxy) is 1. The van der Waals surface area contributed by atoms with Crippen molar-refractivity contribution in [3.63, 3.8) is 0 Å². The fraction of sp³-hybridized carbons (Fsp3) is 0.667. The molecular formula is C12H18N2O2S. The molecule has 1 aliphatic heterocycles. The molecule has 2 rings (SSSR count). The third-order valence-corrected chi connectivity index (χ3v) is 4.52. The van der Waals surface area contributed by atoms with Crippen molar-refractivity contribution >= 4 is 11.8 Å². The number of aromatic nitrogens is 2. The summed E-state index contributed by atoms with van der Waals surface area (Å²) >= 11 is 1.74. The topological polar surface area (TPSA) is 55.0 Å². The van der Waals surface area contributed by atoms with Crippen LogP contribution in [0, 0.1) is 0 Å². The molecule has 1 aromatic heterocycles. The molecule has 0 unspecified atom stereocenters. The maximum atomic E-state index is 12.0. The summed E-state index contributed by atoms with van der Waals surface area (Å²) in [4.78, 5) is 19.5. The first kappa shape index (κ1) is 12.6. The van der Waals surface area contributed by atoms with E-state index in [0.717, 1.165) is 35.6 Å². The average Bonchev–Trinajstić information content (AvgIpc) is 2.81. The highest BCUT2D eigenvalue weighted by atomic mass is 32.2. The largest absolute Gasteiger partial charge is 0.370 e. The van der Waals surface area contributed by atoms with E-state index in [1.54, 1.807) is 18.9 Å². The van der Waals surface area contributed by atoms with Gasteiger partial charge in [-0.1, -0.05) is 13.8 Å². The Balaban J connectivity index is 2.53. The predicted molar refractivity (Wildman–Crippen MR) is 69.1 cm³/mol. The number of H-pyrrole nitrogens is 1. The van der Waals surface area contributed by atoms with Gasteiger partial charge in [0, 0.05) is 24.2 Å². The zero-order valence-corrected chi connectivity index (χ0v) is 11.3. The highest BCUT2D eigenvalue weighted by Crippen LogP contribution is 2.32. The summed E-state index contributed by atoms with van der Waals surface area (Å²) in [5, 5.41) is 0. The van der Waals surface area contributed by atoms with Crippen LogP contribution in [0.2, 0.25) is 0 Å². The van der Waals surface area contributed by atoms with Crippen molar-refractivity contribution in [3.05, 3.63) is 27.4 Å². The molecule has 0 atom stereocenters. The summed E-state index contributed by atoms with van der Waals surface area (Å²) in [6.45, 7) is 4.10. The number of rotatable bonds is 4. The minimum absolute atomic E-state index is 0.00155. The normalized spacial score (nSPS) is 15.0. The first-order chi connectivity index (χ1) is 8.16. The van der Waals surface area contributed by atoms with Crippen LogP contribution in [-0.4, -0.2) is 17.1 Å². The van der Waals surface area contributed by atoms with E-state index >= 15 is 0 Å². The van der Waals surface area contributed by atoms with Gasteiger partial charge in [0.25, 0.3) is 5.56 Å². The Morgan fingerprint density at radius 1 is 1.41 bits per heavy atom. The van der Waals surface area contributed by atoms with E-state index in [-0.39, 0.29) is 5.56 Å². The van der Waals surface area contributed by atoms with Crippen LogP contribution >= 0.6 is 11.8 Å². The first-order valence-corrected chi connectivity index (χ1v) is 7.07. The van der Waals surface area contributed by atoms with E-state index in [2.05, 4.69) is 23.8 Å². The van der Waals surface area contributed by atoms with Crippen molar-refractivity contribution in [2.75, 3.05) is 7.11 Å². The molecular weight excluding hydrogens is 236 g/mol. The first-order valence-electron chi connectivity index (χ1n) is 5.92. The number of thioether (sulfide) groups is 1. The van der Waals surface area contributed by atoms with Crippen LogP contribution in [-0.2, 0) is 21.8 Å². The van der Waals surface area contributed by atoms with Crippen LogP contribution in [0.25, 0.3) is 0 Å². The maximum Gasteiger partial charge on any atom is 0.255 e. The molecule has 17 heavy (non-hydrogen) atoms. The third kappa shape index (κ3) is 2.02. The highest BCUT2D eigenvalue weighted by Gasteiger charge is 2.32. The Morgan fingerprint density at radius 3 is 2.71 bits per heavy atom. The summed E-state index contributed by atoms with van der Waals surface area (Å²) in [7, 11) is 1.68. The molecule has 0 saturated carbocycles. The van der Waals surface area contributed by atoms with Crippen LogP contribution in [0.4, 0.5) is 0 Å². The molecule has 0 amide bonds. The van der Waals surface area contributed by atoms with Gasteiger partial charge < -0.3 is 9.72 Å². The molecule has 5 heteroatoms. The van der Waals surface area contributed by atoms with Gasteiger partial charge in [-0.15, -0.1) is 0 Å². The molecule has 2 heterocycles. The molecule has 0 spiro atoms. The molecule has 94 valence electrons. The molecule has 4 nitrogen and oxygen atoms in total. The lowest BCUT2D eigenvalue weighted by Gasteiger charge is -2.29. The SMILES string of the molecule is CCC(CC)(OC)c1nc2c(c(=O)[nH]1)CSC2. The van der Waals surface area contributed by atoms with E-state index < -0.39 is 5.60 Å². The van der Waals surface area contributed by atoms with Crippen LogP contribution in [0.15, 0.2) is 4.79 Å². The molecule has 1 N–H and O–H groups in total. The monoisotopic (exact) mass is 254 g/mol. The number of nitrogens with zero attached hydrogens (tertiary/aromatic N) is 1. The summed E-state index contributed by atoms with van der Waals surface area (Å²) in [5.74, 6) is 2.28. The minimum Gasteiger partial charge on any atom is -0.370 e. The third-order valence-electron chi connectivity index (χ3n) is 3.55. The summed E-state index contributed by atoms with van der Waals surface area (Å²) in [6.07, 6.45) is 1.60. The average molecular weight is 254 g/mol. The molecule has 0 saturated heterocycles. The van der Waals surface area contributed by atoms with Gasteiger partial charge in [-0.25, -0.2) is 4.98 Å². The van der Waals surface area contributed by atoms with E-state index in [1.807, 2.05) is 0 Å². The Bertz CT molecular complexity index is 458. The van der Waals surface area contributed by atoms with Crippen molar-refractivity contribution in [2.45, 2.75) is 43.8 Å². The Labute approximate surface area is 105 Å². The van der Waals surface area contributed by atoms with Crippen LogP contribution in [0.1, 0.15) is 43.8 Å². The van der Waals surface area contributed by atoms with E-state index in [4.69, 9.17) is 4.74 Å². The van der Waals surface area contributed by atoms with Crippen LogP contribution < -0.4 is 5.56 Å². The van der Waals surface area contributed by atoms with E-state index in [1.165, 1.54) is 0 Å². The highest BCUT2D eigenvalue weighted by molar-refractivity contribution is 7.98. The Kier molecular flexibility index (Phi) is 3.58.